The zero-order valence-corrected chi connectivity index (χ0v) is 13.3. The maximum absolute atomic E-state index is 10.4. The second-order valence-electron chi connectivity index (χ2n) is 5.85. The molecule has 0 saturated heterocycles. The molecule has 1 unspecified atom stereocenters. The molecule has 106 valence electrons. The summed E-state index contributed by atoms with van der Waals surface area (Å²) in [4.78, 5) is 4.16. The van der Waals surface area contributed by atoms with Crippen molar-refractivity contribution in [2.75, 3.05) is 0 Å². The molecule has 1 aromatic rings. The Bertz CT molecular complexity index is 388. The molecule has 0 amide bonds. The number of aliphatic hydroxyl groups excluding tert-OH is 1. The van der Waals surface area contributed by atoms with E-state index in [0.717, 1.165) is 22.4 Å². The Balaban J connectivity index is 1.82. The molecule has 1 fully saturated rings. The molecule has 1 aromatic heterocycles. The standard InChI is InChI=1S/C16H24BrNO/c1-2-3-12-4-6-14(7-5-12)16(19)9-13-8-15(17)11-18-10-13/h8,10-12,14,16,19H,2-7,9H2,1H3. The first kappa shape index (κ1) is 15.0. The van der Waals surface area contributed by atoms with Crippen molar-refractivity contribution in [2.45, 2.75) is 58.0 Å². The lowest BCUT2D eigenvalue weighted by atomic mass is 9.77. The molecule has 0 aliphatic heterocycles. The monoisotopic (exact) mass is 325 g/mol. The van der Waals surface area contributed by atoms with Crippen LogP contribution in [0, 0.1) is 11.8 Å². The highest BCUT2D eigenvalue weighted by Gasteiger charge is 2.26. The Labute approximate surface area is 124 Å². The van der Waals surface area contributed by atoms with Crippen molar-refractivity contribution >= 4 is 15.9 Å². The van der Waals surface area contributed by atoms with Gasteiger partial charge in [-0.3, -0.25) is 4.98 Å². The zero-order valence-electron chi connectivity index (χ0n) is 11.7. The molecule has 1 saturated carbocycles. The minimum atomic E-state index is -0.210. The maximum atomic E-state index is 10.4. The summed E-state index contributed by atoms with van der Waals surface area (Å²) < 4.78 is 0.990. The lowest BCUT2D eigenvalue weighted by molar-refractivity contribution is 0.0727. The Hall–Kier alpha value is -0.410. The molecule has 1 aliphatic rings. The number of halogens is 1. The Kier molecular flexibility index (Phi) is 5.83. The minimum absolute atomic E-state index is 0.210. The number of pyridine rings is 1. The van der Waals surface area contributed by atoms with E-state index in [0.29, 0.717) is 5.92 Å². The molecular formula is C16H24BrNO. The summed E-state index contributed by atoms with van der Waals surface area (Å²) in [5.74, 6) is 1.38. The summed E-state index contributed by atoms with van der Waals surface area (Å²) in [6, 6.07) is 2.05. The molecule has 19 heavy (non-hydrogen) atoms. The van der Waals surface area contributed by atoms with Crippen LogP contribution in [-0.2, 0) is 6.42 Å². The van der Waals surface area contributed by atoms with E-state index in [9.17, 15) is 5.11 Å². The maximum Gasteiger partial charge on any atom is 0.0609 e. The topological polar surface area (TPSA) is 33.1 Å². The fourth-order valence-corrected chi connectivity index (χ4v) is 3.66. The van der Waals surface area contributed by atoms with Crippen LogP contribution in [0.3, 0.4) is 0 Å². The van der Waals surface area contributed by atoms with Gasteiger partial charge in [-0.2, -0.15) is 0 Å². The van der Waals surface area contributed by atoms with Crippen LogP contribution in [0.1, 0.15) is 51.0 Å². The first-order valence-electron chi connectivity index (χ1n) is 7.46. The lowest BCUT2D eigenvalue weighted by Gasteiger charge is -2.31. The van der Waals surface area contributed by atoms with Gasteiger partial charge in [0.2, 0.25) is 0 Å². The van der Waals surface area contributed by atoms with Crippen LogP contribution in [0.2, 0.25) is 0 Å². The van der Waals surface area contributed by atoms with Gasteiger partial charge < -0.3 is 5.11 Å². The first-order chi connectivity index (χ1) is 9.19. The molecular weight excluding hydrogens is 302 g/mol. The predicted molar refractivity (Wildman–Crippen MR) is 82.0 cm³/mol. The lowest BCUT2D eigenvalue weighted by Crippen LogP contribution is -2.27. The third kappa shape index (κ3) is 4.57. The summed E-state index contributed by atoms with van der Waals surface area (Å²) >= 11 is 3.43. The molecule has 0 bridgehead atoms. The van der Waals surface area contributed by atoms with Crippen molar-refractivity contribution in [1.82, 2.24) is 4.98 Å². The van der Waals surface area contributed by atoms with Gasteiger partial charge in [0, 0.05) is 23.3 Å². The van der Waals surface area contributed by atoms with Crippen LogP contribution >= 0.6 is 15.9 Å². The Morgan fingerprint density at radius 1 is 1.32 bits per heavy atom. The smallest absolute Gasteiger partial charge is 0.0609 e. The van der Waals surface area contributed by atoms with E-state index in [-0.39, 0.29) is 6.10 Å². The number of aromatic nitrogens is 1. The predicted octanol–water partition coefficient (Wildman–Crippen LogP) is 4.35. The Morgan fingerprint density at radius 2 is 2.05 bits per heavy atom. The van der Waals surface area contributed by atoms with Crippen molar-refractivity contribution in [3.63, 3.8) is 0 Å². The summed E-state index contributed by atoms with van der Waals surface area (Å²) in [6.07, 6.45) is 11.8. The van der Waals surface area contributed by atoms with Crippen LogP contribution < -0.4 is 0 Å². The molecule has 1 heterocycles. The van der Waals surface area contributed by atoms with Crippen molar-refractivity contribution in [3.8, 4) is 0 Å². The molecule has 2 nitrogen and oxygen atoms in total. The van der Waals surface area contributed by atoms with E-state index >= 15 is 0 Å². The first-order valence-corrected chi connectivity index (χ1v) is 8.25. The second kappa shape index (κ2) is 7.39. The largest absolute Gasteiger partial charge is 0.392 e. The van der Waals surface area contributed by atoms with Gasteiger partial charge >= 0.3 is 0 Å². The number of nitrogens with zero attached hydrogens (tertiary/aromatic N) is 1. The highest BCUT2D eigenvalue weighted by Crippen LogP contribution is 2.34. The van der Waals surface area contributed by atoms with Crippen LogP contribution in [0.25, 0.3) is 0 Å². The number of hydrogen-bond donors (Lipinski definition) is 1. The average Bonchev–Trinajstić information content (AvgIpc) is 2.40. The van der Waals surface area contributed by atoms with Crippen molar-refractivity contribution in [2.24, 2.45) is 11.8 Å². The minimum Gasteiger partial charge on any atom is -0.392 e. The van der Waals surface area contributed by atoms with Gasteiger partial charge in [0.25, 0.3) is 0 Å². The number of rotatable bonds is 5. The summed E-state index contributed by atoms with van der Waals surface area (Å²) in [5, 5.41) is 10.4. The highest BCUT2D eigenvalue weighted by molar-refractivity contribution is 9.10. The normalized spacial score (nSPS) is 25.2. The Morgan fingerprint density at radius 3 is 2.68 bits per heavy atom. The number of hydrogen-bond acceptors (Lipinski definition) is 2. The average molecular weight is 326 g/mol. The van der Waals surface area contributed by atoms with Crippen LogP contribution in [0.4, 0.5) is 0 Å². The van der Waals surface area contributed by atoms with E-state index in [1.807, 2.05) is 6.20 Å². The fraction of sp³-hybridized carbons (Fsp3) is 0.688. The van der Waals surface area contributed by atoms with Gasteiger partial charge in [-0.1, -0.05) is 32.6 Å². The van der Waals surface area contributed by atoms with Crippen LogP contribution in [-0.4, -0.2) is 16.2 Å². The molecule has 0 radical (unpaired) electrons. The third-order valence-corrected chi connectivity index (χ3v) is 4.77. The summed E-state index contributed by atoms with van der Waals surface area (Å²) in [7, 11) is 0. The van der Waals surface area contributed by atoms with Gasteiger partial charge in [0.05, 0.1) is 6.10 Å². The third-order valence-electron chi connectivity index (χ3n) is 4.34. The summed E-state index contributed by atoms with van der Waals surface area (Å²) in [5.41, 5.74) is 1.12. The van der Waals surface area contributed by atoms with Crippen LogP contribution in [0.5, 0.6) is 0 Å². The fourth-order valence-electron chi connectivity index (χ4n) is 3.25. The summed E-state index contributed by atoms with van der Waals surface area (Å²) in [6.45, 7) is 2.27. The SMILES string of the molecule is CCCC1CCC(C(O)Cc2cncc(Br)c2)CC1. The molecule has 1 N–H and O–H groups in total. The van der Waals surface area contributed by atoms with Crippen molar-refractivity contribution in [1.29, 1.82) is 0 Å². The van der Waals surface area contributed by atoms with E-state index < -0.39 is 0 Å². The molecule has 2 rings (SSSR count). The van der Waals surface area contributed by atoms with E-state index in [4.69, 9.17) is 0 Å². The van der Waals surface area contributed by atoms with E-state index in [2.05, 4.69) is 33.9 Å². The van der Waals surface area contributed by atoms with Gasteiger partial charge in [0.1, 0.15) is 0 Å². The number of aliphatic hydroxyl groups is 1. The van der Waals surface area contributed by atoms with Gasteiger partial charge in [-0.05, 0) is 52.2 Å². The van der Waals surface area contributed by atoms with Gasteiger partial charge in [-0.15, -0.1) is 0 Å². The quantitative estimate of drug-likeness (QED) is 0.872. The van der Waals surface area contributed by atoms with Crippen molar-refractivity contribution < 1.29 is 5.11 Å². The molecule has 3 heteroatoms. The molecule has 1 atom stereocenters. The van der Waals surface area contributed by atoms with E-state index in [1.54, 1.807) is 6.20 Å². The zero-order chi connectivity index (χ0) is 13.7. The highest BCUT2D eigenvalue weighted by atomic mass is 79.9. The molecule has 0 aromatic carbocycles. The van der Waals surface area contributed by atoms with E-state index in [1.165, 1.54) is 38.5 Å². The molecule has 1 aliphatic carbocycles. The van der Waals surface area contributed by atoms with Gasteiger partial charge in [-0.25, -0.2) is 0 Å². The molecule has 0 spiro atoms. The second-order valence-corrected chi connectivity index (χ2v) is 6.77. The van der Waals surface area contributed by atoms with Crippen LogP contribution in [0.15, 0.2) is 22.9 Å². The van der Waals surface area contributed by atoms with Gasteiger partial charge in [0.15, 0.2) is 0 Å². The van der Waals surface area contributed by atoms with Crippen molar-refractivity contribution in [3.05, 3.63) is 28.5 Å².